The fourth-order valence-corrected chi connectivity index (χ4v) is 9.03. The highest BCUT2D eigenvalue weighted by Gasteiger charge is 2.71. The third-order valence-electron chi connectivity index (χ3n) is 12.2. The zero-order chi connectivity index (χ0) is 47.2. The van der Waals surface area contributed by atoms with E-state index in [9.17, 15) is 45.6 Å². The first-order valence-electron chi connectivity index (χ1n) is 21.3. The monoisotopic (exact) mass is 914 g/mol. The minimum Gasteiger partial charge on any atom is -0.508 e. The summed E-state index contributed by atoms with van der Waals surface area (Å²) < 4.78 is 30.5. The first-order chi connectivity index (χ1) is 32.2. The molecule has 1 aliphatic carbocycles. The Morgan fingerprint density at radius 1 is 0.970 bits per heavy atom. The summed E-state index contributed by atoms with van der Waals surface area (Å²) in [5.74, 6) is -4.67. The van der Waals surface area contributed by atoms with Gasteiger partial charge in [0.2, 0.25) is 12.0 Å². The minimum atomic E-state index is -2.71. The van der Waals surface area contributed by atoms with Crippen LogP contribution >= 0.6 is 0 Å². The van der Waals surface area contributed by atoms with Gasteiger partial charge in [0.05, 0.1) is 23.9 Å². The van der Waals surface area contributed by atoms with Gasteiger partial charge < -0.3 is 64.5 Å². The molecule has 0 saturated carbocycles. The van der Waals surface area contributed by atoms with Crippen LogP contribution in [0.2, 0.25) is 0 Å². The molecule has 9 rings (SSSR count). The number of aromatic hydroxyl groups is 2. The lowest BCUT2D eigenvalue weighted by atomic mass is 9.60. The number of carboxylic acid groups (broad SMARTS) is 1. The second kappa shape index (κ2) is 17.8. The minimum absolute atomic E-state index is 0.0169. The zero-order valence-electron chi connectivity index (χ0n) is 35.8. The number of amidine groups is 1. The number of phenols is 2. The molecule has 4 aromatic carbocycles. The molecule has 4 heterocycles. The van der Waals surface area contributed by atoms with Crippen molar-refractivity contribution >= 4 is 35.3 Å². The third-order valence-corrected chi connectivity index (χ3v) is 12.2. The average molecular weight is 915 g/mol. The molecule has 4 aliphatic heterocycles. The van der Waals surface area contributed by atoms with Crippen molar-refractivity contribution in [2.24, 2.45) is 20.9 Å². The number of benzene rings is 4. The van der Waals surface area contributed by atoms with Crippen molar-refractivity contribution in [1.82, 2.24) is 0 Å². The van der Waals surface area contributed by atoms with Crippen LogP contribution in [-0.2, 0) is 29.0 Å². The van der Waals surface area contributed by atoms with Crippen molar-refractivity contribution in [1.29, 1.82) is 5.41 Å². The highest BCUT2D eigenvalue weighted by Crippen LogP contribution is 2.54. The van der Waals surface area contributed by atoms with Crippen molar-refractivity contribution < 1.29 is 69.3 Å². The lowest BCUT2D eigenvalue weighted by Gasteiger charge is -2.57. The number of hydrogen-bond donors (Lipinski definition) is 9. The number of aliphatic hydroxyl groups excluding tert-OH is 3. The third kappa shape index (κ3) is 8.40. The first-order valence-corrected chi connectivity index (χ1v) is 21.3. The Morgan fingerprint density at radius 3 is 2.42 bits per heavy atom. The molecule has 8 atom stereocenters. The van der Waals surface area contributed by atoms with E-state index in [0.29, 0.717) is 34.6 Å². The molecule has 1 fully saturated rings. The maximum atomic E-state index is 13.1. The number of carbonyl (C=O) groups is 1. The highest BCUT2D eigenvalue weighted by atomic mass is 16.7. The zero-order valence-corrected chi connectivity index (χ0v) is 35.8. The molecular weight excluding hydrogens is 869 g/mol. The van der Waals surface area contributed by atoms with Gasteiger partial charge in [0.25, 0.3) is 0 Å². The van der Waals surface area contributed by atoms with E-state index in [1.54, 1.807) is 60.7 Å². The topological polar surface area (TPSA) is 286 Å². The molecule has 18 heteroatoms. The standard InChI is InChI=1S/C49H46N4O14/c1-2-25-14-27(17-30(54)16-25)22-64-43-38(19-37-40(42(43)57)34(55)18-36(65-37)28-8-10-31(11-9-28)63-23-35(56)32-12-13-39(50)53-32)66-47-48(61)20-29(15-26-6-4-3-5-7-26)41(33-21-51-24-52-33)49(62,46(48)60)44(67-47)45(58)59/h3-14,16-20,24,35-36,41,44,46-47,50,54-57,60-62H,2,15,21-23H2,1H3,(H,58,59). The summed E-state index contributed by atoms with van der Waals surface area (Å²) in [6, 6.07) is 21.6. The van der Waals surface area contributed by atoms with Gasteiger partial charge in [-0.05, 0) is 77.6 Å². The van der Waals surface area contributed by atoms with Crippen LogP contribution in [0, 0.1) is 11.3 Å². The number of fused-ring (bicyclic) bond motifs is 3. The summed E-state index contributed by atoms with van der Waals surface area (Å²) in [4.78, 5) is 25.5. The van der Waals surface area contributed by atoms with Crippen LogP contribution in [0.1, 0.15) is 40.8 Å². The lowest BCUT2D eigenvalue weighted by Crippen LogP contribution is -2.79. The predicted octanol–water partition coefficient (Wildman–Crippen LogP) is 4.29. The number of aliphatic carboxylic acids is 1. The summed E-state index contributed by atoms with van der Waals surface area (Å²) >= 11 is 0. The van der Waals surface area contributed by atoms with Gasteiger partial charge >= 0.3 is 5.97 Å². The Kier molecular flexibility index (Phi) is 11.9. The molecule has 0 aromatic heterocycles. The molecular formula is C49H46N4O14. The summed E-state index contributed by atoms with van der Waals surface area (Å²) in [6.45, 7) is 1.46. The fourth-order valence-electron chi connectivity index (χ4n) is 9.03. The number of carboxylic acids is 1. The largest absolute Gasteiger partial charge is 0.508 e. The van der Waals surface area contributed by atoms with E-state index in [1.807, 2.05) is 13.0 Å². The SMILES string of the molecule is CCc1cc(O)cc(COc2c(OC3OC(C(=O)O)C4(O)C(C5=NC=NC5)C(Cc5ccccc5)=CC3(O)C4O)cc3c(c2O)C(O)=CC(c2ccc(OCC(O)C4=NC(=N)C=C4)cc2)O3)c1. The van der Waals surface area contributed by atoms with E-state index in [2.05, 4.69) is 15.0 Å². The Labute approximate surface area is 382 Å². The lowest BCUT2D eigenvalue weighted by molar-refractivity contribution is -0.338. The highest BCUT2D eigenvalue weighted by molar-refractivity contribution is 6.15. The fraction of sp³-hybridized carbons (Fsp3) is 0.286. The summed E-state index contributed by atoms with van der Waals surface area (Å²) in [5.41, 5.74) is -2.25. The molecule has 0 spiro atoms. The van der Waals surface area contributed by atoms with Gasteiger partial charge in [0.15, 0.2) is 23.2 Å². The van der Waals surface area contributed by atoms with E-state index in [4.69, 9.17) is 29.1 Å². The number of rotatable bonds is 15. The number of phenolic OH excluding ortho intramolecular Hbond substituents is 2. The second-order valence-corrected chi connectivity index (χ2v) is 16.7. The van der Waals surface area contributed by atoms with Crippen molar-refractivity contribution in [2.45, 2.75) is 68.3 Å². The van der Waals surface area contributed by atoms with Gasteiger partial charge in [-0.1, -0.05) is 61.0 Å². The average Bonchev–Trinajstić information content (AvgIpc) is 4.00. The molecule has 0 amide bonds. The summed E-state index contributed by atoms with van der Waals surface area (Å²) in [5, 5.41) is 99.8. The van der Waals surface area contributed by atoms with E-state index >= 15 is 0 Å². The van der Waals surface area contributed by atoms with Crippen molar-refractivity contribution in [2.75, 3.05) is 13.2 Å². The summed E-state index contributed by atoms with van der Waals surface area (Å²) in [7, 11) is 0. The van der Waals surface area contributed by atoms with Gasteiger partial charge in [0, 0.05) is 12.1 Å². The number of ether oxygens (including phenoxy) is 5. The van der Waals surface area contributed by atoms with Crippen LogP contribution in [0.3, 0.4) is 0 Å². The Bertz CT molecular complexity index is 2810. The molecule has 2 bridgehead atoms. The molecule has 67 heavy (non-hydrogen) atoms. The smallest absolute Gasteiger partial charge is 0.336 e. The molecule has 0 radical (unpaired) electrons. The Balaban J connectivity index is 1.08. The van der Waals surface area contributed by atoms with E-state index < -0.39 is 76.8 Å². The number of nitrogens with one attached hydrogen (secondary N) is 1. The Morgan fingerprint density at radius 2 is 1.73 bits per heavy atom. The van der Waals surface area contributed by atoms with Crippen LogP contribution in [0.4, 0.5) is 0 Å². The molecule has 18 nitrogen and oxygen atoms in total. The predicted molar refractivity (Wildman–Crippen MR) is 241 cm³/mol. The van der Waals surface area contributed by atoms with Crippen LogP contribution in [0.5, 0.6) is 34.5 Å². The normalized spacial score (nSPS) is 26.4. The van der Waals surface area contributed by atoms with Crippen LogP contribution in [0.15, 0.2) is 124 Å². The van der Waals surface area contributed by atoms with Gasteiger partial charge in [-0.3, -0.25) is 10.4 Å². The van der Waals surface area contributed by atoms with E-state index in [1.165, 1.54) is 42.8 Å². The van der Waals surface area contributed by atoms with Gasteiger partial charge in [-0.15, -0.1) is 0 Å². The van der Waals surface area contributed by atoms with E-state index in [-0.39, 0.29) is 54.8 Å². The number of aliphatic hydroxyl groups is 5. The number of aryl methyl sites for hydroxylation is 1. The molecule has 4 aromatic rings. The summed E-state index contributed by atoms with van der Waals surface area (Å²) in [6.07, 6.45) is -1.14. The van der Waals surface area contributed by atoms with Crippen LogP contribution < -0.4 is 18.9 Å². The molecule has 5 aliphatic rings. The van der Waals surface area contributed by atoms with Crippen LogP contribution in [0.25, 0.3) is 5.76 Å². The Hall–Kier alpha value is -7.35. The van der Waals surface area contributed by atoms with Crippen molar-refractivity contribution in [3.8, 4) is 34.5 Å². The van der Waals surface area contributed by atoms with E-state index in [0.717, 1.165) is 11.1 Å². The quantitative estimate of drug-likeness (QED) is 0.0753. The van der Waals surface area contributed by atoms with Crippen molar-refractivity contribution in [3.63, 3.8) is 0 Å². The number of hydrogen-bond acceptors (Lipinski definition) is 16. The van der Waals surface area contributed by atoms with Crippen LogP contribution in [-0.4, -0.2) is 119 Å². The maximum Gasteiger partial charge on any atom is 0.336 e. The van der Waals surface area contributed by atoms with Gasteiger partial charge in [-0.2, -0.15) is 0 Å². The van der Waals surface area contributed by atoms with Gasteiger partial charge in [0.1, 0.15) is 77.9 Å². The first kappa shape index (κ1) is 44.8. The van der Waals surface area contributed by atoms with Crippen molar-refractivity contribution in [3.05, 3.63) is 137 Å². The molecule has 1 saturated heterocycles. The second-order valence-electron chi connectivity index (χ2n) is 16.7. The molecule has 8 unspecified atom stereocenters. The number of nitrogens with zero attached hydrogens (tertiary/aromatic N) is 3. The maximum absolute atomic E-state index is 13.1. The molecule has 9 N–H and O–H groups in total. The van der Waals surface area contributed by atoms with Gasteiger partial charge in [-0.25, -0.2) is 14.8 Å². The molecule has 346 valence electrons. The number of aliphatic imine (C=N–C) groups is 3.